The van der Waals surface area contributed by atoms with Crippen LogP contribution in [0, 0.1) is 0 Å². The van der Waals surface area contributed by atoms with Gasteiger partial charge in [0.15, 0.2) is 0 Å². The van der Waals surface area contributed by atoms with Crippen LogP contribution in [0.25, 0.3) is 0 Å². The second-order valence-electron chi connectivity index (χ2n) is 4.76. The molecule has 4 heteroatoms. The Hall–Kier alpha value is -0.900. The van der Waals surface area contributed by atoms with E-state index in [1.807, 2.05) is 6.20 Å². The Bertz CT molecular complexity index is 323. The van der Waals surface area contributed by atoms with Crippen LogP contribution in [0.4, 0.5) is 0 Å². The van der Waals surface area contributed by atoms with E-state index < -0.39 is 0 Å². The fraction of sp³-hybridized carbons (Fsp3) is 0.818. The van der Waals surface area contributed by atoms with Crippen LogP contribution in [0.5, 0.6) is 0 Å². The van der Waals surface area contributed by atoms with Gasteiger partial charge in [-0.1, -0.05) is 11.6 Å². The lowest BCUT2D eigenvalue weighted by molar-refractivity contribution is 0.344. The molecule has 1 atom stereocenters. The minimum Gasteiger partial charge on any atom is -0.312 e. The summed E-state index contributed by atoms with van der Waals surface area (Å²) in [6, 6.07) is 0.609. The lowest BCUT2D eigenvalue weighted by Gasteiger charge is -2.23. The molecule has 0 bridgehead atoms. The molecule has 3 rings (SSSR count). The number of piperidine rings is 1. The number of hydrogen-bond donors (Lipinski definition) is 1. The maximum Gasteiger partial charge on any atom is 0.0728 e. The lowest BCUT2D eigenvalue weighted by atomic mass is 10.1. The zero-order chi connectivity index (χ0) is 10.1. The van der Waals surface area contributed by atoms with E-state index in [1.54, 1.807) is 0 Å². The molecule has 2 fully saturated rings. The van der Waals surface area contributed by atoms with E-state index in [2.05, 4.69) is 20.3 Å². The normalized spacial score (nSPS) is 26.8. The van der Waals surface area contributed by atoms with Crippen molar-refractivity contribution in [1.82, 2.24) is 20.3 Å². The Morgan fingerprint density at radius 3 is 3.00 bits per heavy atom. The Labute approximate surface area is 90.0 Å². The fourth-order valence-corrected chi connectivity index (χ4v) is 2.39. The highest BCUT2D eigenvalue weighted by molar-refractivity contribution is 5.10. The van der Waals surface area contributed by atoms with Crippen molar-refractivity contribution in [1.29, 1.82) is 0 Å². The fourth-order valence-electron chi connectivity index (χ4n) is 2.39. The van der Waals surface area contributed by atoms with E-state index in [9.17, 15) is 0 Å². The van der Waals surface area contributed by atoms with Crippen molar-refractivity contribution in [3.8, 4) is 0 Å². The Morgan fingerprint density at radius 1 is 1.33 bits per heavy atom. The van der Waals surface area contributed by atoms with E-state index in [0.29, 0.717) is 6.04 Å². The summed E-state index contributed by atoms with van der Waals surface area (Å²) < 4.78 is 2.11. The molecule has 1 aliphatic carbocycles. The molecule has 0 amide bonds. The molecule has 1 aromatic heterocycles. The van der Waals surface area contributed by atoms with E-state index in [0.717, 1.165) is 19.0 Å². The van der Waals surface area contributed by atoms with Crippen molar-refractivity contribution in [3.63, 3.8) is 0 Å². The highest BCUT2D eigenvalue weighted by atomic mass is 15.4. The molecule has 15 heavy (non-hydrogen) atoms. The average molecular weight is 206 g/mol. The summed E-state index contributed by atoms with van der Waals surface area (Å²) in [5.41, 5.74) is 1.35. The average Bonchev–Trinajstić information content (AvgIpc) is 3.02. The van der Waals surface area contributed by atoms with Crippen LogP contribution < -0.4 is 5.32 Å². The molecule has 0 radical (unpaired) electrons. The predicted octanol–water partition coefficient (Wildman–Crippen LogP) is 1.30. The Balaban J connectivity index is 1.67. The summed E-state index contributed by atoms with van der Waals surface area (Å²) in [5, 5.41) is 11.8. The molecule has 2 aliphatic rings. The van der Waals surface area contributed by atoms with Crippen LogP contribution >= 0.6 is 0 Å². The molecule has 1 N–H and O–H groups in total. The molecule has 1 unspecified atom stereocenters. The summed E-state index contributed by atoms with van der Waals surface area (Å²) in [6.45, 7) is 2.17. The van der Waals surface area contributed by atoms with Crippen molar-refractivity contribution >= 4 is 0 Å². The van der Waals surface area contributed by atoms with E-state index >= 15 is 0 Å². The predicted molar refractivity (Wildman–Crippen MR) is 57.6 cm³/mol. The van der Waals surface area contributed by atoms with Crippen LogP contribution in [-0.2, 0) is 6.54 Å². The summed E-state index contributed by atoms with van der Waals surface area (Å²) in [7, 11) is 0. The van der Waals surface area contributed by atoms with Crippen molar-refractivity contribution in [3.05, 3.63) is 11.9 Å². The zero-order valence-electron chi connectivity index (χ0n) is 9.02. The van der Waals surface area contributed by atoms with Crippen LogP contribution in [0.2, 0.25) is 0 Å². The van der Waals surface area contributed by atoms with Gasteiger partial charge in [-0.15, -0.1) is 5.10 Å². The monoisotopic (exact) mass is 206 g/mol. The van der Waals surface area contributed by atoms with Crippen LogP contribution in [0.1, 0.15) is 43.7 Å². The molecule has 4 nitrogen and oxygen atoms in total. The number of aromatic nitrogens is 3. The van der Waals surface area contributed by atoms with E-state index in [1.165, 1.54) is 37.8 Å². The number of nitrogens with one attached hydrogen (secondary N) is 1. The third-order valence-corrected chi connectivity index (χ3v) is 3.45. The van der Waals surface area contributed by atoms with E-state index in [4.69, 9.17) is 0 Å². The highest BCUT2D eigenvalue weighted by Crippen LogP contribution is 2.39. The molecule has 82 valence electrons. The van der Waals surface area contributed by atoms with Crippen molar-refractivity contribution in [2.75, 3.05) is 6.54 Å². The van der Waals surface area contributed by atoms with Gasteiger partial charge in [0, 0.05) is 12.0 Å². The van der Waals surface area contributed by atoms with Gasteiger partial charge in [0.1, 0.15) is 0 Å². The standard InChI is InChI=1S/C11H18N4/c1-2-6-12-10(3-1)8-15-11(7-13-14-15)9-4-5-9/h7,9-10,12H,1-6,8H2. The van der Waals surface area contributed by atoms with Gasteiger partial charge in [0.05, 0.1) is 18.4 Å². The minimum absolute atomic E-state index is 0.609. The zero-order valence-corrected chi connectivity index (χ0v) is 9.02. The van der Waals surface area contributed by atoms with Gasteiger partial charge in [0.2, 0.25) is 0 Å². The molecule has 0 spiro atoms. The van der Waals surface area contributed by atoms with Gasteiger partial charge in [-0.2, -0.15) is 0 Å². The lowest BCUT2D eigenvalue weighted by Crippen LogP contribution is -2.37. The van der Waals surface area contributed by atoms with Crippen LogP contribution in [-0.4, -0.2) is 27.6 Å². The Morgan fingerprint density at radius 2 is 2.27 bits per heavy atom. The third-order valence-electron chi connectivity index (χ3n) is 3.45. The number of rotatable bonds is 3. The SMILES string of the molecule is c1nnn(CC2CCCCN2)c1C1CC1. The molecule has 1 aromatic rings. The first-order valence-electron chi connectivity index (χ1n) is 6.05. The van der Waals surface area contributed by atoms with Gasteiger partial charge in [-0.3, -0.25) is 0 Å². The van der Waals surface area contributed by atoms with Gasteiger partial charge in [-0.05, 0) is 32.2 Å². The first kappa shape index (κ1) is 9.33. The maximum atomic E-state index is 4.20. The largest absolute Gasteiger partial charge is 0.312 e. The molecule has 0 aromatic carbocycles. The van der Waals surface area contributed by atoms with Gasteiger partial charge >= 0.3 is 0 Å². The maximum absolute atomic E-state index is 4.20. The highest BCUT2D eigenvalue weighted by Gasteiger charge is 2.28. The summed E-state index contributed by atoms with van der Waals surface area (Å²) in [5.74, 6) is 0.753. The van der Waals surface area contributed by atoms with Crippen molar-refractivity contribution in [2.24, 2.45) is 0 Å². The van der Waals surface area contributed by atoms with Gasteiger partial charge in [-0.25, -0.2) is 4.68 Å². The second kappa shape index (κ2) is 3.93. The quantitative estimate of drug-likeness (QED) is 0.810. The summed E-state index contributed by atoms with van der Waals surface area (Å²) in [4.78, 5) is 0. The van der Waals surface area contributed by atoms with Crippen molar-refractivity contribution < 1.29 is 0 Å². The smallest absolute Gasteiger partial charge is 0.0728 e. The van der Waals surface area contributed by atoms with Crippen LogP contribution in [0.3, 0.4) is 0 Å². The van der Waals surface area contributed by atoms with Gasteiger partial charge in [0.25, 0.3) is 0 Å². The minimum atomic E-state index is 0.609. The molecule has 1 saturated carbocycles. The topological polar surface area (TPSA) is 42.7 Å². The molecular weight excluding hydrogens is 188 g/mol. The molecule has 1 aliphatic heterocycles. The van der Waals surface area contributed by atoms with Gasteiger partial charge < -0.3 is 5.32 Å². The van der Waals surface area contributed by atoms with Crippen LogP contribution in [0.15, 0.2) is 6.20 Å². The molecular formula is C11H18N4. The number of nitrogens with zero attached hydrogens (tertiary/aromatic N) is 3. The second-order valence-corrected chi connectivity index (χ2v) is 4.76. The van der Waals surface area contributed by atoms with Crippen molar-refractivity contribution in [2.45, 2.75) is 50.6 Å². The number of hydrogen-bond acceptors (Lipinski definition) is 3. The molecule has 1 saturated heterocycles. The first-order valence-corrected chi connectivity index (χ1v) is 6.05. The summed E-state index contributed by atoms with van der Waals surface area (Å²) >= 11 is 0. The Kier molecular flexibility index (Phi) is 2.44. The third kappa shape index (κ3) is 2.04. The summed E-state index contributed by atoms with van der Waals surface area (Å²) in [6.07, 6.45) is 8.55. The first-order chi connectivity index (χ1) is 7.43. The molecule has 2 heterocycles. The van der Waals surface area contributed by atoms with E-state index in [-0.39, 0.29) is 0 Å².